The lowest BCUT2D eigenvalue weighted by atomic mass is 10.2. The van der Waals surface area contributed by atoms with Gasteiger partial charge in [-0.25, -0.2) is 8.42 Å². The van der Waals surface area contributed by atoms with Gasteiger partial charge in [0.1, 0.15) is 30.4 Å². The van der Waals surface area contributed by atoms with Crippen molar-refractivity contribution in [1.82, 2.24) is 5.32 Å². The number of nitrogens with one attached hydrogen (secondary N) is 1. The summed E-state index contributed by atoms with van der Waals surface area (Å²) >= 11 is 5.87. The third-order valence-corrected chi connectivity index (χ3v) is 7.40. The van der Waals surface area contributed by atoms with Gasteiger partial charge in [0.2, 0.25) is 5.91 Å². The number of ether oxygens (including phenoxy) is 5. The van der Waals surface area contributed by atoms with Crippen molar-refractivity contribution >= 4 is 33.2 Å². The molecule has 0 fully saturated rings. The third kappa shape index (κ3) is 6.93. The number of carbonyl (C=O) groups is 1. The molecule has 3 aromatic rings. The number of nitrogens with zero attached hydrogens (tertiary/aromatic N) is 1. The molecule has 0 saturated carbocycles. The van der Waals surface area contributed by atoms with Crippen LogP contribution in [0.3, 0.4) is 0 Å². The molecular formula is C26H29ClN2O8S. The van der Waals surface area contributed by atoms with Crippen LogP contribution in [0.1, 0.15) is 0 Å². The highest BCUT2D eigenvalue weighted by Gasteiger charge is 2.31. The predicted molar refractivity (Wildman–Crippen MR) is 144 cm³/mol. The Morgan fingerprint density at radius 2 is 1.45 bits per heavy atom. The number of carbonyl (C=O) groups excluding carboxylic acids is 1. The Labute approximate surface area is 227 Å². The van der Waals surface area contributed by atoms with Gasteiger partial charge in [0.05, 0.1) is 45.6 Å². The second-order valence-corrected chi connectivity index (χ2v) is 10.0. The van der Waals surface area contributed by atoms with E-state index in [2.05, 4.69) is 5.32 Å². The van der Waals surface area contributed by atoms with Crippen LogP contribution in [-0.2, 0) is 14.8 Å². The maximum Gasteiger partial charge on any atom is 0.265 e. The molecule has 0 atom stereocenters. The van der Waals surface area contributed by atoms with Crippen molar-refractivity contribution < 1.29 is 36.9 Å². The van der Waals surface area contributed by atoms with Crippen molar-refractivity contribution in [2.75, 3.05) is 52.4 Å². The van der Waals surface area contributed by atoms with Crippen LogP contribution in [0, 0.1) is 0 Å². The first-order chi connectivity index (χ1) is 18.2. The Bertz CT molecular complexity index is 1350. The molecule has 0 saturated heterocycles. The number of amides is 1. The smallest absolute Gasteiger partial charge is 0.265 e. The van der Waals surface area contributed by atoms with Crippen LogP contribution in [0.4, 0.5) is 5.69 Å². The molecule has 38 heavy (non-hydrogen) atoms. The Kier molecular flexibility index (Phi) is 9.91. The molecule has 1 N–H and O–H groups in total. The molecule has 10 nitrogen and oxygen atoms in total. The molecule has 3 rings (SSSR count). The van der Waals surface area contributed by atoms with E-state index in [9.17, 15) is 13.2 Å². The van der Waals surface area contributed by atoms with Crippen LogP contribution in [-0.4, -0.2) is 62.5 Å². The van der Waals surface area contributed by atoms with Gasteiger partial charge in [0.15, 0.2) is 11.5 Å². The number of hydrogen-bond acceptors (Lipinski definition) is 8. The third-order valence-electron chi connectivity index (χ3n) is 5.39. The van der Waals surface area contributed by atoms with Crippen LogP contribution < -0.4 is 33.3 Å². The normalized spacial score (nSPS) is 10.9. The summed E-state index contributed by atoms with van der Waals surface area (Å²) in [4.78, 5) is 12.8. The maximum absolute atomic E-state index is 13.9. The van der Waals surface area contributed by atoms with E-state index < -0.39 is 22.5 Å². The fraction of sp³-hybridized carbons (Fsp3) is 0.269. The number of methoxy groups -OCH3 is 4. The lowest BCUT2D eigenvalue weighted by Crippen LogP contribution is -2.42. The van der Waals surface area contributed by atoms with Gasteiger partial charge in [-0.2, -0.15) is 0 Å². The molecule has 12 heteroatoms. The highest BCUT2D eigenvalue weighted by atomic mass is 35.5. The average molecular weight is 565 g/mol. The van der Waals surface area contributed by atoms with Crippen LogP contribution in [0.25, 0.3) is 0 Å². The summed E-state index contributed by atoms with van der Waals surface area (Å²) in [6.45, 7) is -0.236. The van der Waals surface area contributed by atoms with Gasteiger partial charge < -0.3 is 29.0 Å². The molecule has 1 amide bonds. The van der Waals surface area contributed by atoms with Gasteiger partial charge in [0.25, 0.3) is 10.0 Å². The van der Waals surface area contributed by atoms with E-state index in [1.165, 1.54) is 52.7 Å². The van der Waals surface area contributed by atoms with Gasteiger partial charge >= 0.3 is 0 Å². The molecule has 3 aromatic carbocycles. The van der Waals surface area contributed by atoms with E-state index in [4.69, 9.17) is 35.3 Å². The monoisotopic (exact) mass is 564 g/mol. The Morgan fingerprint density at radius 3 is 2.08 bits per heavy atom. The van der Waals surface area contributed by atoms with Crippen molar-refractivity contribution in [3.63, 3.8) is 0 Å². The summed E-state index contributed by atoms with van der Waals surface area (Å²) in [6, 6.07) is 15.6. The number of hydrogen-bond donors (Lipinski definition) is 1. The fourth-order valence-electron chi connectivity index (χ4n) is 3.47. The van der Waals surface area contributed by atoms with Gasteiger partial charge in [-0.05, 0) is 48.5 Å². The zero-order valence-electron chi connectivity index (χ0n) is 21.4. The second kappa shape index (κ2) is 13.1. The SMILES string of the molecule is COc1ccc(OC)c(N(CC(=O)NCCOc2ccc(Cl)cc2)S(=O)(=O)c2ccc(OC)c(OC)c2)c1. The number of halogens is 1. The van der Waals surface area contributed by atoms with E-state index in [0.717, 1.165) is 4.31 Å². The van der Waals surface area contributed by atoms with Crippen LogP contribution in [0.2, 0.25) is 5.02 Å². The Balaban J connectivity index is 1.88. The van der Waals surface area contributed by atoms with Gasteiger partial charge in [-0.1, -0.05) is 11.6 Å². The zero-order chi connectivity index (χ0) is 27.7. The van der Waals surface area contributed by atoms with E-state index in [-0.39, 0.29) is 35.2 Å². The van der Waals surface area contributed by atoms with E-state index in [1.54, 1.807) is 36.4 Å². The largest absolute Gasteiger partial charge is 0.497 e. The maximum atomic E-state index is 13.9. The van der Waals surface area contributed by atoms with Crippen molar-refractivity contribution in [1.29, 1.82) is 0 Å². The Hall–Kier alpha value is -3.83. The lowest BCUT2D eigenvalue weighted by molar-refractivity contribution is -0.119. The second-order valence-electron chi connectivity index (χ2n) is 7.72. The molecule has 0 radical (unpaired) electrons. The number of sulfonamides is 1. The zero-order valence-corrected chi connectivity index (χ0v) is 23.0. The molecule has 0 aliphatic heterocycles. The Morgan fingerprint density at radius 1 is 0.816 bits per heavy atom. The molecule has 204 valence electrons. The summed E-state index contributed by atoms with van der Waals surface area (Å²) < 4.78 is 55.5. The summed E-state index contributed by atoms with van der Waals surface area (Å²) in [5.41, 5.74) is 0.120. The van der Waals surface area contributed by atoms with E-state index >= 15 is 0 Å². The first kappa shape index (κ1) is 28.7. The van der Waals surface area contributed by atoms with Crippen LogP contribution in [0.15, 0.2) is 65.6 Å². The molecular weight excluding hydrogens is 536 g/mol. The van der Waals surface area contributed by atoms with Crippen molar-refractivity contribution in [2.45, 2.75) is 4.90 Å². The topological polar surface area (TPSA) is 113 Å². The average Bonchev–Trinajstić information content (AvgIpc) is 2.94. The minimum atomic E-state index is -4.28. The van der Waals surface area contributed by atoms with Gasteiger partial charge in [-0.15, -0.1) is 0 Å². The van der Waals surface area contributed by atoms with Crippen LogP contribution in [0.5, 0.6) is 28.7 Å². The van der Waals surface area contributed by atoms with Crippen molar-refractivity contribution in [3.8, 4) is 28.7 Å². The first-order valence-corrected chi connectivity index (χ1v) is 13.2. The van der Waals surface area contributed by atoms with Crippen molar-refractivity contribution in [2.24, 2.45) is 0 Å². The molecule has 0 spiro atoms. The van der Waals surface area contributed by atoms with Gasteiger partial charge in [-0.3, -0.25) is 9.10 Å². The van der Waals surface area contributed by atoms with E-state index in [1.807, 2.05) is 0 Å². The minimum Gasteiger partial charge on any atom is -0.497 e. The molecule has 0 bridgehead atoms. The van der Waals surface area contributed by atoms with Crippen LogP contribution >= 0.6 is 11.6 Å². The number of benzene rings is 3. The standard InChI is InChI=1S/C26H29ClN2O8S/c1-33-20-9-11-23(34-2)22(15-20)29(38(31,32)21-10-12-24(35-3)25(16-21)36-4)17-26(30)28-13-14-37-19-7-5-18(27)6-8-19/h5-12,15-16H,13-14,17H2,1-4H3,(H,28,30). The number of rotatable bonds is 13. The fourth-order valence-corrected chi connectivity index (χ4v) is 5.04. The summed E-state index contributed by atoms with van der Waals surface area (Å²) in [5, 5.41) is 3.26. The highest BCUT2D eigenvalue weighted by molar-refractivity contribution is 7.92. The van der Waals surface area contributed by atoms with E-state index in [0.29, 0.717) is 22.3 Å². The molecule has 0 heterocycles. The quantitative estimate of drug-likeness (QED) is 0.312. The van der Waals surface area contributed by atoms with Crippen molar-refractivity contribution in [3.05, 3.63) is 65.7 Å². The summed E-state index contributed by atoms with van der Waals surface area (Å²) in [7, 11) is 1.41. The molecule has 0 unspecified atom stereocenters. The minimum absolute atomic E-state index is 0.112. The molecule has 0 aliphatic carbocycles. The molecule has 0 aliphatic rings. The first-order valence-electron chi connectivity index (χ1n) is 11.3. The number of anilines is 1. The summed E-state index contributed by atoms with van der Waals surface area (Å²) in [6.07, 6.45) is 0. The highest BCUT2D eigenvalue weighted by Crippen LogP contribution is 2.37. The lowest BCUT2D eigenvalue weighted by Gasteiger charge is -2.26. The predicted octanol–water partition coefficient (Wildman–Crippen LogP) is 3.76. The van der Waals surface area contributed by atoms with Gasteiger partial charge in [0, 0.05) is 17.2 Å². The summed E-state index contributed by atoms with van der Waals surface area (Å²) in [5.74, 6) is 1.21. The molecule has 0 aromatic heterocycles.